The van der Waals surface area contributed by atoms with Gasteiger partial charge in [0.25, 0.3) is 0 Å². The van der Waals surface area contributed by atoms with Gasteiger partial charge in [0.1, 0.15) is 0 Å². The molecule has 0 saturated carbocycles. The van der Waals surface area contributed by atoms with Crippen molar-refractivity contribution in [2.24, 2.45) is 0 Å². The van der Waals surface area contributed by atoms with Crippen molar-refractivity contribution >= 4 is 34.1 Å². The highest BCUT2D eigenvalue weighted by atomic mass is 35.5. The van der Waals surface area contributed by atoms with Crippen LogP contribution in [0.2, 0.25) is 10.0 Å². The van der Waals surface area contributed by atoms with E-state index in [0.29, 0.717) is 5.02 Å². The van der Waals surface area contributed by atoms with Gasteiger partial charge in [-0.1, -0.05) is 43.1 Å². The molecule has 0 aliphatic carbocycles. The SMILES string of the molecule is CCN(CC)Cc1c(Cl)ccc2cc(Cl)cnc12. The second kappa shape index (κ2) is 5.87. The topological polar surface area (TPSA) is 16.1 Å². The summed E-state index contributed by atoms with van der Waals surface area (Å²) in [5, 5.41) is 2.46. The van der Waals surface area contributed by atoms with Gasteiger partial charge < -0.3 is 0 Å². The highest BCUT2D eigenvalue weighted by molar-refractivity contribution is 6.33. The van der Waals surface area contributed by atoms with Gasteiger partial charge in [-0.2, -0.15) is 0 Å². The lowest BCUT2D eigenvalue weighted by Crippen LogP contribution is -2.22. The van der Waals surface area contributed by atoms with Gasteiger partial charge in [0.15, 0.2) is 0 Å². The molecular weight excluding hydrogens is 267 g/mol. The molecule has 96 valence electrons. The molecule has 2 nitrogen and oxygen atoms in total. The molecule has 0 fully saturated rings. The van der Waals surface area contributed by atoms with Gasteiger partial charge in [-0.05, 0) is 25.2 Å². The van der Waals surface area contributed by atoms with Crippen LogP contribution in [0.4, 0.5) is 0 Å². The molecule has 0 amide bonds. The summed E-state index contributed by atoms with van der Waals surface area (Å²) >= 11 is 12.3. The van der Waals surface area contributed by atoms with Gasteiger partial charge >= 0.3 is 0 Å². The maximum atomic E-state index is 6.30. The fourth-order valence-electron chi connectivity index (χ4n) is 2.03. The van der Waals surface area contributed by atoms with E-state index in [0.717, 1.165) is 41.1 Å². The van der Waals surface area contributed by atoms with E-state index in [2.05, 4.69) is 23.7 Å². The van der Waals surface area contributed by atoms with Crippen molar-refractivity contribution in [1.29, 1.82) is 0 Å². The largest absolute Gasteiger partial charge is 0.299 e. The molecule has 2 aromatic rings. The van der Waals surface area contributed by atoms with E-state index in [1.165, 1.54) is 0 Å². The number of pyridine rings is 1. The molecule has 1 heterocycles. The lowest BCUT2D eigenvalue weighted by atomic mass is 10.1. The Bertz CT molecular complexity index is 551. The number of benzene rings is 1. The fraction of sp³-hybridized carbons (Fsp3) is 0.357. The van der Waals surface area contributed by atoms with Crippen molar-refractivity contribution in [3.8, 4) is 0 Å². The van der Waals surface area contributed by atoms with E-state index >= 15 is 0 Å². The Labute approximate surface area is 118 Å². The van der Waals surface area contributed by atoms with E-state index in [1.807, 2.05) is 18.2 Å². The van der Waals surface area contributed by atoms with Crippen LogP contribution < -0.4 is 0 Å². The normalized spacial score (nSPS) is 11.4. The molecule has 4 heteroatoms. The van der Waals surface area contributed by atoms with Gasteiger partial charge in [-0.3, -0.25) is 9.88 Å². The Morgan fingerprint density at radius 2 is 1.89 bits per heavy atom. The zero-order valence-electron chi connectivity index (χ0n) is 10.6. The lowest BCUT2D eigenvalue weighted by molar-refractivity contribution is 0.297. The summed E-state index contributed by atoms with van der Waals surface area (Å²) in [6, 6.07) is 5.80. The molecule has 0 aliphatic rings. The van der Waals surface area contributed by atoms with E-state index < -0.39 is 0 Å². The predicted molar refractivity (Wildman–Crippen MR) is 78.4 cm³/mol. The monoisotopic (exact) mass is 282 g/mol. The second-order valence-corrected chi connectivity index (χ2v) is 5.06. The predicted octanol–water partition coefficient (Wildman–Crippen LogP) is 4.38. The number of aromatic nitrogens is 1. The van der Waals surface area contributed by atoms with Gasteiger partial charge in [-0.25, -0.2) is 0 Å². The van der Waals surface area contributed by atoms with E-state index in [4.69, 9.17) is 23.2 Å². The third kappa shape index (κ3) is 2.77. The Morgan fingerprint density at radius 1 is 1.17 bits per heavy atom. The number of fused-ring (bicyclic) bond motifs is 1. The van der Waals surface area contributed by atoms with Crippen LogP contribution in [0.15, 0.2) is 24.4 Å². The average Bonchev–Trinajstić information content (AvgIpc) is 2.38. The van der Waals surface area contributed by atoms with Crippen LogP contribution in [0.1, 0.15) is 19.4 Å². The first-order chi connectivity index (χ1) is 8.65. The highest BCUT2D eigenvalue weighted by Gasteiger charge is 2.11. The summed E-state index contributed by atoms with van der Waals surface area (Å²) in [5.74, 6) is 0. The Hall–Kier alpha value is -0.830. The molecule has 0 aliphatic heterocycles. The summed E-state index contributed by atoms with van der Waals surface area (Å²) in [7, 11) is 0. The Balaban J connectivity index is 2.50. The number of nitrogens with zero attached hydrogens (tertiary/aromatic N) is 2. The Morgan fingerprint density at radius 3 is 2.56 bits per heavy atom. The molecule has 0 bridgehead atoms. The summed E-state index contributed by atoms with van der Waals surface area (Å²) in [5.41, 5.74) is 2.02. The molecule has 0 N–H and O–H groups in total. The average molecular weight is 283 g/mol. The van der Waals surface area contributed by atoms with Crippen LogP contribution in [0.5, 0.6) is 0 Å². The molecular formula is C14H16Cl2N2. The van der Waals surface area contributed by atoms with E-state index in [-0.39, 0.29) is 0 Å². The number of hydrogen-bond donors (Lipinski definition) is 0. The quantitative estimate of drug-likeness (QED) is 0.827. The molecule has 0 spiro atoms. The van der Waals surface area contributed by atoms with E-state index in [9.17, 15) is 0 Å². The maximum absolute atomic E-state index is 6.30. The summed E-state index contributed by atoms with van der Waals surface area (Å²) in [6.45, 7) is 7.10. The summed E-state index contributed by atoms with van der Waals surface area (Å²) in [4.78, 5) is 6.74. The molecule has 0 saturated heterocycles. The van der Waals surface area contributed by atoms with E-state index in [1.54, 1.807) is 6.20 Å². The van der Waals surface area contributed by atoms with Crippen molar-refractivity contribution in [3.63, 3.8) is 0 Å². The first-order valence-electron chi connectivity index (χ1n) is 6.10. The van der Waals surface area contributed by atoms with Crippen molar-refractivity contribution in [2.75, 3.05) is 13.1 Å². The smallest absolute Gasteiger partial charge is 0.0763 e. The summed E-state index contributed by atoms with van der Waals surface area (Å²) < 4.78 is 0. The first-order valence-corrected chi connectivity index (χ1v) is 6.86. The second-order valence-electron chi connectivity index (χ2n) is 4.21. The molecule has 0 unspecified atom stereocenters. The number of rotatable bonds is 4. The van der Waals surface area contributed by atoms with Crippen molar-refractivity contribution < 1.29 is 0 Å². The molecule has 0 atom stereocenters. The third-order valence-electron chi connectivity index (χ3n) is 3.14. The molecule has 2 rings (SSSR count). The van der Waals surface area contributed by atoms with Gasteiger partial charge in [0, 0.05) is 28.7 Å². The van der Waals surface area contributed by atoms with Gasteiger partial charge in [0.05, 0.1) is 10.5 Å². The summed E-state index contributed by atoms with van der Waals surface area (Å²) in [6.07, 6.45) is 1.67. The number of halogens is 2. The Kier molecular flexibility index (Phi) is 4.44. The minimum Gasteiger partial charge on any atom is -0.299 e. The zero-order chi connectivity index (χ0) is 13.1. The van der Waals surface area contributed by atoms with Crippen LogP contribution in [-0.2, 0) is 6.54 Å². The van der Waals surface area contributed by atoms with Crippen molar-refractivity contribution in [1.82, 2.24) is 9.88 Å². The molecule has 1 aromatic heterocycles. The van der Waals surface area contributed by atoms with Crippen molar-refractivity contribution in [3.05, 3.63) is 40.0 Å². The number of hydrogen-bond acceptors (Lipinski definition) is 2. The highest BCUT2D eigenvalue weighted by Crippen LogP contribution is 2.27. The van der Waals surface area contributed by atoms with Crippen molar-refractivity contribution in [2.45, 2.75) is 20.4 Å². The van der Waals surface area contributed by atoms with Crippen LogP contribution in [-0.4, -0.2) is 23.0 Å². The molecule has 0 radical (unpaired) electrons. The van der Waals surface area contributed by atoms with Crippen LogP contribution >= 0.6 is 23.2 Å². The standard InChI is InChI=1S/C14H16Cl2N2/c1-3-18(4-2)9-12-13(16)6-5-10-7-11(15)8-17-14(10)12/h5-8H,3-4,9H2,1-2H3. The van der Waals surface area contributed by atoms with Gasteiger partial charge in [-0.15, -0.1) is 0 Å². The van der Waals surface area contributed by atoms with Crippen LogP contribution in [0, 0.1) is 0 Å². The molecule has 18 heavy (non-hydrogen) atoms. The minimum atomic E-state index is 0.651. The van der Waals surface area contributed by atoms with Gasteiger partial charge in [0.2, 0.25) is 0 Å². The molecule has 1 aromatic carbocycles. The maximum Gasteiger partial charge on any atom is 0.0763 e. The zero-order valence-corrected chi connectivity index (χ0v) is 12.1. The fourth-order valence-corrected chi connectivity index (χ4v) is 2.41. The lowest BCUT2D eigenvalue weighted by Gasteiger charge is -2.19. The van der Waals surface area contributed by atoms with Crippen LogP contribution in [0.25, 0.3) is 10.9 Å². The third-order valence-corrected chi connectivity index (χ3v) is 3.70. The minimum absolute atomic E-state index is 0.651. The first kappa shape index (κ1) is 13.6. The van der Waals surface area contributed by atoms with Crippen LogP contribution in [0.3, 0.4) is 0 Å².